The van der Waals surface area contributed by atoms with Gasteiger partial charge in [0, 0.05) is 18.0 Å². The van der Waals surface area contributed by atoms with Gasteiger partial charge >= 0.3 is 0 Å². The Morgan fingerprint density at radius 3 is 2.67 bits per heavy atom. The van der Waals surface area contributed by atoms with Crippen LogP contribution in [0.5, 0.6) is 0 Å². The molecule has 0 saturated carbocycles. The molecule has 0 unspecified atom stereocenters. The zero-order valence-electron chi connectivity index (χ0n) is 13.4. The molecule has 2 aromatic heterocycles. The Morgan fingerprint density at radius 2 is 1.92 bits per heavy atom. The number of amides is 1. The van der Waals surface area contributed by atoms with Gasteiger partial charge in [0.25, 0.3) is 5.91 Å². The molecule has 0 atom stereocenters. The van der Waals surface area contributed by atoms with Crippen LogP contribution < -0.4 is 5.43 Å². The van der Waals surface area contributed by atoms with E-state index >= 15 is 0 Å². The summed E-state index contributed by atoms with van der Waals surface area (Å²) in [6, 6.07) is 11.4. The van der Waals surface area contributed by atoms with Crippen molar-refractivity contribution in [2.45, 2.75) is 13.8 Å². The predicted molar refractivity (Wildman–Crippen MR) is 92.8 cm³/mol. The molecule has 6 nitrogen and oxygen atoms in total. The lowest BCUT2D eigenvalue weighted by molar-refractivity contribution is 0.0950. The number of carbonyl (C=O) groups is 1. The van der Waals surface area contributed by atoms with Crippen molar-refractivity contribution < 1.29 is 4.79 Å². The molecule has 3 aromatic rings. The molecule has 2 N–H and O–H groups in total. The van der Waals surface area contributed by atoms with Crippen LogP contribution in [-0.4, -0.2) is 27.3 Å². The maximum atomic E-state index is 12.1. The standard InChI is InChI=1S/C18H17N5O/c1-12-3-4-15(9-13(12)2)16-10-17(22-21-16)18(24)23-20-11-14-5-7-19-8-6-14/h3-11H,1-2H3,(H,21,22)(H,23,24)/b20-11-. The molecule has 1 aromatic carbocycles. The van der Waals surface area contributed by atoms with Crippen LogP contribution in [0, 0.1) is 13.8 Å². The topological polar surface area (TPSA) is 83.0 Å². The van der Waals surface area contributed by atoms with Crippen molar-refractivity contribution in [3.63, 3.8) is 0 Å². The van der Waals surface area contributed by atoms with Crippen LogP contribution in [0.15, 0.2) is 53.9 Å². The number of aromatic amines is 1. The van der Waals surface area contributed by atoms with E-state index in [1.807, 2.05) is 19.1 Å². The van der Waals surface area contributed by atoms with Crippen LogP contribution in [-0.2, 0) is 0 Å². The van der Waals surface area contributed by atoms with Gasteiger partial charge in [0.15, 0.2) is 0 Å². The van der Waals surface area contributed by atoms with Crippen molar-refractivity contribution in [2.75, 3.05) is 0 Å². The molecule has 120 valence electrons. The summed E-state index contributed by atoms with van der Waals surface area (Å²) in [6.45, 7) is 4.11. The fraction of sp³-hybridized carbons (Fsp3) is 0.111. The van der Waals surface area contributed by atoms with E-state index in [4.69, 9.17) is 0 Å². The number of nitrogens with zero attached hydrogens (tertiary/aromatic N) is 3. The summed E-state index contributed by atoms with van der Waals surface area (Å²) in [5, 5.41) is 10.9. The quantitative estimate of drug-likeness (QED) is 0.573. The molecule has 0 bridgehead atoms. The van der Waals surface area contributed by atoms with E-state index in [2.05, 4.69) is 38.7 Å². The Morgan fingerprint density at radius 1 is 1.12 bits per heavy atom. The number of hydrogen-bond acceptors (Lipinski definition) is 4. The minimum absolute atomic E-state index is 0.345. The van der Waals surface area contributed by atoms with Crippen LogP contribution in [0.25, 0.3) is 11.3 Å². The zero-order valence-corrected chi connectivity index (χ0v) is 13.4. The number of nitrogens with one attached hydrogen (secondary N) is 2. The second-order valence-corrected chi connectivity index (χ2v) is 5.45. The van der Waals surface area contributed by atoms with E-state index in [9.17, 15) is 4.79 Å². The van der Waals surface area contributed by atoms with Gasteiger partial charge in [0.2, 0.25) is 0 Å². The molecule has 0 aliphatic carbocycles. The summed E-state index contributed by atoms with van der Waals surface area (Å²) in [7, 11) is 0. The van der Waals surface area contributed by atoms with Gasteiger partial charge < -0.3 is 0 Å². The molecule has 0 spiro atoms. The summed E-state index contributed by atoms with van der Waals surface area (Å²) in [5.41, 5.74) is 7.77. The normalized spacial score (nSPS) is 10.9. The molecule has 6 heteroatoms. The van der Waals surface area contributed by atoms with Crippen molar-refractivity contribution in [3.05, 3.63) is 71.2 Å². The van der Waals surface area contributed by atoms with E-state index in [0.717, 1.165) is 16.8 Å². The van der Waals surface area contributed by atoms with Gasteiger partial charge in [-0.15, -0.1) is 0 Å². The van der Waals surface area contributed by atoms with Gasteiger partial charge in [0.1, 0.15) is 5.69 Å². The minimum atomic E-state index is -0.345. The highest BCUT2D eigenvalue weighted by Crippen LogP contribution is 2.20. The number of H-pyrrole nitrogens is 1. The third kappa shape index (κ3) is 3.55. The molecule has 0 radical (unpaired) electrons. The van der Waals surface area contributed by atoms with Crippen molar-refractivity contribution in [2.24, 2.45) is 5.10 Å². The summed E-state index contributed by atoms with van der Waals surface area (Å²) in [6.07, 6.45) is 4.88. The van der Waals surface area contributed by atoms with Gasteiger partial charge in [0.05, 0.1) is 11.9 Å². The van der Waals surface area contributed by atoms with Crippen LogP contribution in [0.2, 0.25) is 0 Å². The van der Waals surface area contributed by atoms with Crippen molar-refractivity contribution in [1.82, 2.24) is 20.6 Å². The third-order valence-corrected chi connectivity index (χ3v) is 3.71. The Balaban J connectivity index is 1.69. The maximum absolute atomic E-state index is 12.1. The molecule has 2 heterocycles. The average Bonchev–Trinajstić information content (AvgIpc) is 3.08. The highest BCUT2D eigenvalue weighted by Gasteiger charge is 2.10. The van der Waals surface area contributed by atoms with E-state index < -0.39 is 0 Å². The number of aromatic nitrogens is 3. The first kappa shape index (κ1) is 15.6. The number of benzene rings is 1. The van der Waals surface area contributed by atoms with Gasteiger partial charge in [-0.05, 0) is 54.8 Å². The van der Waals surface area contributed by atoms with Gasteiger partial charge in [-0.1, -0.05) is 12.1 Å². The van der Waals surface area contributed by atoms with Crippen LogP contribution in [0.3, 0.4) is 0 Å². The van der Waals surface area contributed by atoms with Gasteiger partial charge in [-0.25, -0.2) is 5.43 Å². The van der Waals surface area contributed by atoms with E-state index in [0.29, 0.717) is 5.69 Å². The number of hydrogen-bond donors (Lipinski definition) is 2. The molecule has 0 aliphatic heterocycles. The first-order chi connectivity index (χ1) is 11.6. The Bertz CT molecular complexity index is 883. The van der Waals surface area contributed by atoms with Crippen LogP contribution in [0.1, 0.15) is 27.2 Å². The number of pyridine rings is 1. The SMILES string of the molecule is Cc1ccc(-c2cc(C(=O)N/N=C\c3ccncc3)[nH]n2)cc1C. The third-order valence-electron chi connectivity index (χ3n) is 3.71. The predicted octanol–water partition coefficient (Wildman–Crippen LogP) is 2.85. The fourth-order valence-corrected chi connectivity index (χ4v) is 2.16. The lowest BCUT2D eigenvalue weighted by atomic mass is 10.0. The highest BCUT2D eigenvalue weighted by molar-refractivity contribution is 5.94. The van der Waals surface area contributed by atoms with E-state index in [1.54, 1.807) is 36.8 Å². The summed E-state index contributed by atoms with van der Waals surface area (Å²) >= 11 is 0. The Labute approximate surface area is 139 Å². The summed E-state index contributed by atoms with van der Waals surface area (Å²) < 4.78 is 0. The van der Waals surface area contributed by atoms with Crippen LogP contribution in [0.4, 0.5) is 0 Å². The summed E-state index contributed by atoms with van der Waals surface area (Å²) in [5.74, 6) is -0.345. The van der Waals surface area contributed by atoms with E-state index in [-0.39, 0.29) is 5.91 Å². The second kappa shape index (κ2) is 6.87. The Kier molecular flexibility index (Phi) is 4.47. The fourth-order valence-electron chi connectivity index (χ4n) is 2.16. The molecular formula is C18H17N5O. The summed E-state index contributed by atoms with van der Waals surface area (Å²) in [4.78, 5) is 16.0. The first-order valence-electron chi connectivity index (χ1n) is 7.50. The number of carbonyl (C=O) groups excluding carboxylic acids is 1. The lowest BCUT2D eigenvalue weighted by Crippen LogP contribution is -2.17. The van der Waals surface area contributed by atoms with Gasteiger partial charge in [-0.2, -0.15) is 10.2 Å². The zero-order chi connectivity index (χ0) is 16.9. The minimum Gasteiger partial charge on any atom is -0.272 e. The second-order valence-electron chi connectivity index (χ2n) is 5.45. The van der Waals surface area contributed by atoms with E-state index in [1.165, 1.54) is 11.1 Å². The molecule has 1 amide bonds. The van der Waals surface area contributed by atoms with Crippen LogP contribution >= 0.6 is 0 Å². The molecule has 24 heavy (non-hydrogen) atoms. The lowest BCUT2D eigenvalue weighted by Gasteiger charge is -2.01. The number of rotatable bonds is 4. The molecule has 0 fully saturated rings. The first-order valence-corrected chi connectivity index (χ1v) is 7.50. The Hall–Kier alpha value is -3.28. The largest absolute Gasteiger partial charge is 0.289 e. The average molecular weight is 319 g/mol. The molecular weight excluding hydrogens is 302 g/mol. The van der Waals surface area contributed by atoms with Crippen molar-refractivity contribution >= 4 is 12.1 Å². The molecule has 3 rings (SSSR count). The van der Waals surface area contributed by atoms with Gasteiger partial charge in [-0.3, -0.25) is 14.9 Å². The highest BCUT2D eigenvalue weighted by atomic mass is 16.2. The maximum Gasteiger partial charge on any atom is 0.289 e. The smallest absolute Gasteiger partial charge is 0.272 e. The molecule has 0 saturated heterocycles. The monoisotopic (exact) mass is 319 g/mol. The van der Waals surface area contributed by atoms with Crippen molar-refractivity contribution in [1.29, 1.82) is 0 Å². The molecule has 0 aliphatic rings. The number of aryl methyl sites for hydroxylation is 2. The number of hydrazone groups is 1. The van der Waals surface area contributed by atoms with Crippen molar-refractivity contribution in [3.8, 4) is 11.3 Å².